The van der Waals surface area contributed by atoms with Crippen molar-refractivity contribution in [3.8, 4) is 0 Å². The summed E-state index contributed by atoms with van der Waals surface area (Å²) in [6, 6.07) is 14.6. The quantitative estimate of drug-likeness (QED) is 0.856. The Kier molecular flexibility index (Phi) is 5.74. The molecule has 2 aromatic rings. The number of anilines is 3. The Morgan fingerprint density at radius 2 is 1.75 bits per heavy atom. The number of morpholine rings is 1. The standard InChI is InChI=1S/C23H27N3O2/c1-18(27)24-21-10-9-20-8-7-19-5-2-3-6-22(19)26(23(20)17-21)12-4-11-25-13-15-28-16-14-25/h2-3,5-10,17H,4,11-16H2,1H3,(H,24,27). The Labute approximate surface area is 166 Å². The lowest BCUT2D eigenvalue weighted by Gasteiger charge is -2.30. The number of nitrogens with zero attached hydrogens (tertiary/aromatic N) is 2. The summed E-state index contributed by atoms with van der Waals surface area (Å²) < 4.78 is 5.46. The summed E-state index contributed by atoms with van der Waals surface area (Å²) >= 11 is 0. The van der Waals surface area contributed by atoms with E-state index in [1.807, 2.05) is 6.07 Å². The van der Waals surface area contributed by atoms with Gasteiger partial charge in [0, 0.05) is 44.5 Å². The monoisotopic (exact) mass is 377 g/mol. The summed E-state index contributed by atoms with van der Waals surface area (Å²) in [4.78, 5) is 16.4. The second kappa shape index (κ2) is 8.59. The molecule has 2 aliphatic heterocycles. The lowest BCUT2D eigenvalue weighted by Crippen LogP contribution is -2.37. The van der Waals surface area contributed by atoms with Crippen LogP contribution in [0, 0.1) is 0 Å². The molecule has 0 spiro atoms. The molecule has 0 atom stereocenters. The van der Waals surface area contributed by atoms with Gasteiger partial charge in [0.15, 0.2) is 0 Å². The zero-order valence-corrected chi connectivity index (χ0v) is 16.4. The molecule has 1 fully saturated rings. The van der Waals surface area contributed by atoms with E-state index in [0.717, 1.165) is 62.8 Å². The predicted molar refractivity (Wildman–Crippen MR) is 115 cm³/mol. The highest BCUT2D eigenvalue weighted by Gasteiger charge is 2.19. The van der Waals surface area contributed by atoms with Crippen molar-refractivity contribution in [2.24, 2.45) is 0 Å². The van der Waals surface area contributed by atoms with Crippen molar-refractivity contribution >= 4 is 35.1 Å². The highest BCUT2D eigenvalue weighted by atomic mass is 16.5. The molecule has 1 amide bonds. The second-order valence-electron chi connectivity index (χ2n) is 7.31. The first-order valence-corrected chi connectivity index (χ1v) is 9.97. The molecule has 1 saturated heterocycles. The van der Waals surface area contributed by atoms with E-state index >= 15 is 0 Å². The van der Waals surface area contributed by atoms with Crippen molar-refractivity contribution in [2.45, 2.75) is 13.3 Å². The molecule has 2 aromatic carbocycles. The van der Waals surface area contributed by atoms with Crippen LogP contribution >= 0.6 is 0 Å². The number of carbonyl (C=O) groups is 1. The van der Waals surface area contributed by atoms with Crippen molar-refractivity contribution in [3.05, 3.63) is 53.6 Å². The van der Waals surface area contributed by atoms with Crippen LogP contribution in [0.3, 0.4) is 0 Å². The number of hydrogen-bond acceptors (Lipinski definition) is 4. The molecule has 0 unspecified atom stereocenters. The van der Waals surface area contributed by atoms with Crippen LogP contribution in [0.4, 0.5) is 17.1 Å². The molecule has 146 valence electrons. The van der Waals surface area contributed by atoms with Gasteiger partial charge < -0.3 is 15.0 Å². The molecule has 28 heavy (non-hydrogen) atoms. The van der Waals surface area contributed by atoms with Crippen LogP contribution in [0.1, 0.15) is 24.5 Å². The number of benzene rings is 2. The third kappa shape index (κ3) is 4.26. The van der Waals surface area contributed by atoms with Gasteiger partial charge in [-0.15, -0.1) is 0 Å². The van der Waals surface area contributed by atoms with E-state index < -0.39 is 0 Å². The number of fused-ring (bicyclic) bond motifs is 2. The maximum Gasteiger partial charge on any atom is 0.221 e. The van der Waals surface area contributed by atoms with Gasteiger partial charge >= 0.3 is 0 Å². The van der Waals surface area contributed by atoms with Crippen LogP contribution in [0.25, 0.3) is 12.2 Å². The van der Waals surface area contributed by atoms with Gasteiger partial charge in [-0.1, -0.05) is 36.4 Å². The van der Waals surface area contributed by atoms with Gasteiger partial charge in [0.25, 0.3) is 0 Å². The number of amides is 1. The Balaban J connectivity index is 1.61. The number of ether oxygens (including phenoxy) is 1. The summed E-state index contributed by atoms with van der Waals surface area (Å²) in [5.41, 5.74) is 5.55. The molecule has 2 heterocycles. The number of hydrogen-bond donors (Lipinski definition) is 1. The van der Waals surface area contributed by atoms with Crippen LogP contribution < -0.4 is 10.2 Å². The molecule has 5 heteroatoms. The molecule has 0 radical (unpaired) electrons. The highest BCUT2D eigenvalue weighted by Crippen LogP contribution is 2.37. The molecular formula is C23H27N3O2. The minimum absolute atomic E-state index is 0.0524. The largest absolute Gasteiger partial charge is 0.379 e. The topological polar surface area (TPSA) is 44.8 Å². The normalized spacial score (nSPS) is 16.2. The van der Waals surface area contributed by atoms with E-state index in [1.54, 1.807) is 6.92 Å². The van der Waals surface area contributed by atoms with E-state index in [-0.39, 0.29) is 5.91 Å². The van der Waals surface area contributed by atoms with Crippen molar-refractivity contribution in [1.29, 1.82) is 0 Å². The van der Waals surface area contributed by atoms with Crippen molar-refractivity contribution in [1.82, 2.24) is 4.90 Å². The maximum atomic E-state index is 11.5. The molecule has 0 aliphatic carbocycles. The third-order valence-corrected chi connectivity index (χ3v) is 5.27. The van der Waals surface area contributed by atoms with Crippen LogP contribution in [0.5, 0.6) is 0 Å². The number of para-hydroxylation sites is 1. The maximum absolute atomic E-state index is 11.5. The second-order valence-corrected chi connectivity index (χ2v) is 7.31. The zero-order chi connectivity index (χ0) is 19.3. The molecule has 1 N–H and O–H groups in total. The van der Waals surface area contributed by atoms with Gasteiger partial charge in [-0.2, -0.15) is 0 Å². The van der Waals surface area contributed by atoms with E-state index in [9.17, 15) is 4.79 Å². The Morgan fingerprint density at radius 3 is 2.54 bits per heavy atom. The summed E-state index contributed by atoms with van der Waals surface area (Å²) in [5.74, 6) is -0.0524. The van der Waals surface area contributed by atoms with E-state index in [1.165, 1.54) is 11.3 Å². The SMILES string of the molecule is CC(=O)Nc1ccc2c(c1)N(CCCN1CCOCC1)c1ccccc1C=C2. The minimum atomic E-state index is -0.0524. The van der Waals surface area contributed by atoms with Gasteiger partial charge in [0.2, 0.25) is 5.91 Å². The Hall–Kier alpha value is -2.63. The number of carbonyl (C=O) groups excluding carboxylic acids is 1. The minimum Gasteiger partial charge on any atom is -0.379 e. The van der Waals surface area contributed by atoms with Gasteiger partial charge in [0.05, 0.1) is 18.9 Å². The predicted octanol–water partition coefficient (Wildman–Crippen LogP) is 3.99. The van der Waals surface area contributed by atoms with Crippen LogP contribution in [0.2, 0.25) is 0 Å². The molecule has 5 nitrogen and oxygen atoms in total. The van der Waals surface area contributed by atoms with Crippen molar-refractivity contribution in [3.63, 3.8) is 0 Å². The molecule has 0 saturated carbocycles. The first-order chi connectivity index (χ1) is 13.7. The van der Waals surface area contributed by atoms with Gasteiger partial charge in [-0.3, -0.25) is 9.69 Å². The van der Waals surface area contributed by atoms with E-state index in [2.05, 4.69) is 63.7 Å². The molecule has 0 aromatic heterocycles. The highest BCUT2D eigenvalue weighted by molar-refractivity contribution is 5.93. The first kappa shape index (κ1) is 18.7. The summed E-state index contributed by atoms with van der Waals surface area (Å²) in [7, 11) is 0. The van der Waals surface area contributed by atoms with Crippen LogP contribution in [-0.2, 0) is 9.53 Å². The smallest absolute Gasteiger partial charge is 0.221 e. The molecule has 2 aliphatic rings. The third-order valence-electron chi connectivity index (χ3n) is 5.27. The average Bonchev–Trinajstić information content (AvgIpc) is 2.86. The number of rotatable bonds is 5. The summed E-state index contributed by atoms with van der Waals surface area (Å²) in [6.45, 7) is 7.23. The van der Waals surface area contributed by atoms with E-state index in [0.29, 0.717) is 0 Å². The fraction of sp³-hybridized carbons (Fsp3) is 0.348. The fourth-order valence-electron chi connectivity index (χ4n) is 3.90. The van der Waals surface area contributed by atoms with Gasteiger partial charge in [-0.25, -0.2) is 0 Å². The number of nitrogens with one attached hydrogen (secondary N) is 1. The summed E-state index contributed by atoms with van der Waals surface area (Å²) in [5, 5.41) is 2.92. The fourth-order valence-corrected chi connectivity index (χ4v) is 3.90. The van der Waals surface area contributed by atoms with Crippen molar-refractivity contribution in [2.75, 3.05) is 49.6 Å². The van der Waals surface area contributed by atoms with Crippen molar-refractivity contribution < 1.29 is 9.53 Å². The first-order valence-electron chi connectivity index (χ1n) is 9.97. The van der Waals surface area contributed by atoms with Gasteiger partial charge in [-0.05, 0) is 35.7 Å². The average molecular weight is 377 g/mol. The Morgan fingerprint density at radius 1 is 1.00 bits per heavy atom. The Bertz CT molecular complexity index is 872. The van der Waals surface area contributed by atoms with Crippen LogP contribution in [0.15, 0.2) is 42.5 Å². The lowest BCUT2D eigenvalue weighted by molar-refractivity contribution is -0.114. The van der Waals surface area contributed by atoms with Gasteiger partial charge in [0.1, 0.15) is 0 Å². The lowest BCUT2D eigenvalue weighted by atomic mass is 10.1. The molecule has 4 rings (SSSR count). The molecular weight excluding hydrogens is 350 g/mol. The van der Waals surface area contributed by atoms with E-state index in [4.69, 9.17) is 4.74 Å². The molecule has 0 bridgehead atoms. The zero-order valence-electron chi connectivity index (χ0n) is 16.4. The summed E-state index contributed by atoms with van der Waals surface area (Å²) in [6.07, 6.45) is 5.40. The van der Waals surface area contributed by atoms with Crippen LogP contribution in [-0.4, -0.2) is 50.2 Å².